The number of benzene rings is 1. The number of hydrogen-bond donors (Lipinski definition) is 1. The van der Waals surface area contributed by atoms with Crippen molar-refractivity contribution < 1.29 is 14.7 Å². The number of aromatic nitrogens is 4. The van der Waals surface area contributed by atoms with Gasteiger partial charge in [-0.15, -0.1) is 0 Å². The Hall–Kier alpha value is -4.07. The fraction of sp³-hybridized carbons (Fsp3) is 0.0952. The van der Waals surface area contributed by atoms with Crippen molar-refractivity contribution >= 4 is 22.6 Å². The van der Waals surface area contributed by atoms with Crippen molar-refractivity contribution in [3.05, 3.63) is 72.2 Å². The molecule has 1 aromatic carbocycles. The molecule has 0 unspecified atom stereocenters. The number of pyridine rings is 2. The Morgan fingerprint density at radius 2 is 1.86 bits per heavy atom. The number of carbonyl (C=O) groups excluding carboxylic acids is 1. The van der Waals surface area contributed by atoms with Gasteiger partial charge in [0, 0.05) is 10.9 Å². The third-order valence-electron chi connectivity index (χ3n) is 4.48. The summed E-state index contributed by atoms with van der Waals surface area (Å²) in [6.45, 7) is 1.68. The van der Waals surface area contributed by atoms with Gasteiger partial charge in [0.2, 0.25) is 0 Å². The number of nitrogens with zero attached hydrogens (tertiary/aromatic N) is 5. The van der Waals surface area contributed by atoms with Crippen molar-refractivity contribution in [1.82, 2.24) is 19.7 Å². The van der Waals surface area contributed by atoms with Crippen LogP contribution < -0.4 is 0 Å². The van der Waals surface area contributed by atoms with Gasteiger partial charge in [-0.05, 0) is 37.3 Å². The summed E-state index contributed by atoms with van der Waals surface area (Å²) in [5, 5.41) is 17.5. The van der Waals surface area contributed by atoms with E-state index in [-0.39, 0.29) is 5.69 Å². The Morgan fingerprint density at radius 3 is 2.66 bits per heavy atom. The summed E-state index contributed by atoms with van der Waals surface area (Å²) in [5.41, 5.74) is 3.65. The minimum Gasteiger partial charge on any atom is -0.464 e. The van der Waals surface area contributed by atoms with E-state index in [0.717, 1.165) is 22.2 Å². The molecule has 8 heteroatoms. The molecular weight excluding hydrogens is 370 g/mol. The molecule has 3 aromatic heterocycles. The van der Waals surface area contributed by atoms with Crippen LogP contribution in [0.25, 0.3) is 28.0 Å². The van der Waals surface area contributed by atoms with Crippen LogP contribution in [-0.4, -0.2) is 43.7 Å². The van der Waals surface area contributed by atoms with E-state index in [0.29, 0.717) is 17.2 Å². The lowest BCUT2D eigenvalue weighted by Gasteiger charge is -2.07. The van der Waals surface area contributed by atoms with Gasteiger partial charge in [-0.2, -0.15) is 5.10 Å². The Balaban J connectivity index is 1.81. The van der Waals surface area contributed by atoms with E-state index in [9.17, 15) is 4.79 Å². The molecule has 0 fully saturated rings. The van der Waals surface area contributed by atoms with Crippen LogP contribution in [0.15, 0.2) is 65.9 Å². The van der Waals surface area contributed by atoms with Gasteiger partial charge in [-0.25, -0.2) is 19.4 Å². The van der Waals surface area contributed by atoms with Gasteiger partial charge in [0.05, 0.1) is 30.2 Å². The van der Waals surface area contributed by atoms with E-state index in [1.165, 1.54) is 7.11 Å². The number of fused-ring (bicyclic) bond motifs is 1. The normalized spacial score (nSPS) is 11.6. The molecule has 0 amide bonds. The maximum atomic E-state index is 11.8. The molecule has 0 saturated heterocycles. The van der Waals surface area contributed by atoms with Crippen LogP contribution >= 0.6 is 0 Å². The third kappa shape index (κ3) is 3.43. The van der Waals surface area contributed by atoms with Crippen molar-refractivity contribution in [3.63, 3.8) is 0 Å². The van der Waals surface area contributed by atoms with Crippen molar-refractivity contribution in [2.24, 2.45) is 5.16 Å². The second kappa shape index (κ2) is 7.51. The van der Waals surface area contributed by atoms with Gasteiger partial charge in [0.15, 0.2) is 11.5 Å². The largest absolute Gasteiger partial charge is 0.464 e. The predicted octanol–water partition coefficient (Wildman–Crippen LogP) is 3.47. The van der Waals surface area contributed by atoms with Crippen LogP contribution in [0.5, 0.6) is 0 Å². The molecule has 8 nitrogen and oxygen atoms in total. The zero-order valence-corrected chi connectivity index (χ0v) is 15.8. The zero-order valence-electron chi connectivity index (χ0n) is 15.8. The lowest BCUT2D eigenvalue weighted by atomic mass is 10.1. The van der Waals surface area contributed by atoms with Gasteiger partial charge in [-0.3, -0.25) is 0 Å². The molecule has 0 radical (unpaired) electrons. The number of esters is 1. The van der Waals surface area contributed by atoms with E-state index in [2.05, 4.69) is 20.2 Å². The third-order valence-corrected chi connectivity index (χ3v) is 4.48. The second-order valence-corrected chi connectivity index (χ2v) is 6.30. The highest BCUT2D eigenvalue weighted by molar-refractivity contribution is 5.97. The van der Waals surface area contributed by atoms with E-state index in [4.69, 9.17) is 9.94 Å². The molecule has 1 N–H and O–H groups in total. The standard InChI is InChI=1S/C21H17N5O3/c1-13(25-28)16-5-3-6-17(23-16)14-9-10-15-12-22-26(19(15)11-14)20-8-4-7-18(24-20)21(27)29-2/h3-12,28H,1-2H3. The molecule has 0 aliphatic rings. The van der Waals surface area contributed by atoms with Crippen LogP contribution in [-0.2, 0) is 4.74 Å². The smallest absolute Gasteiger partial charge is 0.356 e. The molecule has 3 heterocycles. The van der Waals surface area contributed by atoms with Crippen molar-refractivity contribution in [1.29, 1.82) is 0 Å². The van der Waals surface area contributed by atoms with Gasteiger partial charge in [0.1, 0.15) is 5.71 Å². The highest BCUT2D eigenvalue weighted by atomic mass is 16.5. The summed E-state index contributed by atoms with van der Waals surface area (Å²) in [6, 6.07) is 16.5. The highest BCUT2D eigenvalue weighted by Gasteiger charge is 2.12. The second-order valence-electron chi connectivity index (χ2n) is 6.30. The van der Waals surface area contributed by atoms with E-state index in [1.54, 1.807) is 42.1 Å². The topological polar surface area (TPSA) is 102 Å². The Kier molecular flexibility index (Phi) is 4.74. The monoisotopic (exact) mass is 387 g/mol. The first-order chi connectivity index (χ1) is 14.1. The number of carbonyl (C=O) groups is 1. The van der Waals surface area contributed by atoms with Crippen LogP contribution in [0.4, 0.5) is 0 Å². The molecule has 29 heavy (non-hydrogen) atoms. The molecule has 144 valence electrons. The van der Waals surface area contributed by atoms with Crippen LogP contribution in [0.3, 0.4) is 0 Å². The maximum Gasteiger partial charge on any atom is 0.356 e. The minimum atomic E-state index is -0.508. The molecule has 0 saturated carbocycles. The number of rotatable bonds is 4. The summed E-state index contributed by atoms with van der Waals surface area (Å²) in [5.74, 6) is -0.00375. The van der Waals surface area contributed by atoms with Gasteiger partial charge < -0.3 is 9.94 Å². The first-order valence-electron chi connectivity index (χ1n) is 8.80. The summed E-state index contributed by atoms with van der Waals surface area (Å²) in [7, 11) is 1.32. The Morgan fingerprint density at radius 1 is 1.07 bits per heavy atom. The number of hydrogen-bond acceptors (Lipinski definition) is 7. The minimum absolute atomic E-state index is 0.206. The lowest BCUT2D eigenvalue weighted by Crippen LogP contribution is -2.07. The lowest BCUT2D eigenvalue weighted by molar-refractivity contribution is 0.0594. The highest BCUT2D eigenvalue weighted by Crippen LogP contribution is 2.25. The van der Waals surface area contributed by atoms with E-state index in [1.807, 2.05) is 30.3 Å². The number of oxime groups is 1. The molecule has 0 aliphatic heterocycles. The van der Waals surface area contributed by atoms with Crippen molar-refractivity contribution in [3.8, 4) is 17.1 Å². The van der Waals surface area contributed by atoms with Crippen molar-refractivity contribution in [2.45, 2.75) is 6.92 Å². The first kappa shape index (κ1) is 18.3. The van der Waals surface area contributed by atoms with Gasteiger partial charge >= 0.3 is 5.97 Å². The van der Waals surface area contributed by atoms with E-state index >= 15 is 0 Å². The summed E-state index contributed by atoms with van der Waals surface area (Å²) in [4.78, 5) is 20.7. The Labute approximate surface area is 166 Å². The maximum absolute atomic E-state index is 11.8. The predicted molar refractivity (Wildman–Crippen MR) is 107 cm³/mol. The molecule has 4 rings (SSSR count). The first-order valence-corrected chi connectivity index (χ1v) is 8.80. The van der Waals surface area contributed by atoms with Crippen LogP contribution in [0.2, 0.25) is 0 Å². The SMILES string of the molecule is COC(=O)c1cccc(-n2ncc3ccc(-c4cccc(C(C)=NO)n4)cc32)n1. The quantitative estimate of drug-likeness (QED) is 0.249. The Bertz CT molecular complexity index is 1250. The summed E-state index contributed by atoms with van der Waals surface area (Å²) < 4.78 is 6.41. The molecular formula is C21H17N5O3. The van der Waals surface area contributed by atoms with Crippen LogP contribution in [0, 0.1) is 0 Å². The van der Waals surface area contributed by atoms with E-state index < -0.39 is 5.97 Å². The number of ether oxygens (including phenoxy) is 1. The molecule has 4 aromatic rings. The van der Waals surface area contributed by atoms with Crippen molar-refractivity contribution in [2.75, 3.05) is 7.11 Å². The summed E-state index contributed by atoms with van der Waals surface area (Å²) in [6.07, 6.45) is 1.73. The van der Waals surface area contributed by atoms with Crippen LogP contribution in [0.1, 0.15) is 23.1 Å². The average Bonchev–Trinajstić information content (AvgIpc) is 3.21. The fourth-order valence-electron chi connectivity index (χ4n) is 2.97. The summed E-state index contributed by atoms with van der Waals surface area (Å²) >= 11 is 0. The molecule has 0 bridgehead atoms. The molecule has 0 spiro atoms. The zero-order chi connectivity index (χ0) is 20.4. The van der Waals surface area contributed by atoms with Gasteiger partial charge in [-0.1, -0.05) is 29.4 Å². The molecule has 0 aliphatic carbocycles. The molecule has 0 atom stereocenters. The average molecular weight is 387 g/mol. The fourth-order valence-corrected chi connectivity index (χ4v) is 2.97. The number of methoxy groups -OCH3 is 1. The van der Waals surface area contributed by atoms with Gasteiger partial charge in [0.25, 0.3) is 0 Å².